The Morgan fingerprint density at radius 2 is 1.66 bits per heavy atom. The Hall–Kier alpha value is -2.66. The molecule has 0 atom stereocenters. The van der Waals surface area contributed by atoms with Gasteiger partial charge in [0, 0.05) is 43.4 Å². The summed E-state index contributed by atoms with van der Waals surface area (Å²) >= 11 is 0. The number of nitrogens with one attached hydrogen (secondary N) is 1. The topological polar surface area (TPSA) is 104 Å². The maximum atomic E-state index is 13.4. The lowest BCUT2D eigenvalue weighted by Gasteiger charge is -2.74. The third-order valence-electron chi connectivity index (χ3n) is 11.2. The summed E-state index contributed by atoms with van der Waals surface area (Å²) in [5, 5.41) is 15.4. The highest BCUT2D eigenvalue weighted by Gasteiger charge is 2.75. The van der Waals surface area contributed by atoms with Gasteiger partial charge in [0.25, 0.3) is 0 Å². The van der Waals surface area contributed by atoms with Gasteiger partial charge in [-0.15, -0.1) is 10.2 Å². The van der Waals surface area contributed by atoms with Gasteiger partial charge in [-0.2, -0.15) is 18.3 Å². The Balaban J connectivity index is 0.757. The van der Waals surface area contributed by atoms with E-state index in [2.05, 4.69) is 20.4 Å². The number of H-pyrrole nitrogens is 1. The second-order valence-electron chi connectivity index (χ2n) is 13.9. The van der Waals surface area contributed by atoms with Crippen molar-refractivity contribution in [1.29, 1.82) is 0 Å². The van der Waals surface area contributed by atoms with Crippen molar-refractivity contribution in [3.05, 3.63) is 23.4 Å². The predicted molar refractivity (Wildman–Crippen MR) is 124 cm³/mol. The number of aromatic nitrogens is 5. The van der Waals surface area contributed by atoms with Gasteiger partial charge in [-0.25, -0.2) is 9.78 Å². The van der Waals surface area contributed by atoms with E-state index in [0.717, 1.165) is 69.9 Å². The molecule has 1 spiro atoms. The molecule has 0 radical (unpaired) electrons. The molecule has 2 bridgehead atoms. The zero-order chi connectivity index (χ0) is 25.7. The van der Waals surface area contributed by atoms with Gasteiger partial charge in [0.1, 0.15) is 11.2 Å². The number of urea groups is 1. The molecule has 8 aliphatic rings. The quantitative estimate of drug-likeness (QED) is 0.628. The van der Waals surface area contributed by atoms with Gasteiger partial charge in [-0.1, -0.05) is 0 Å². The average Bonchev–Trinajstić information content (AvgIpc) is 3.64. The van der Waals surface area contributed by atoms with E-state index in [9.17, 15) is 18.0 Å². The summed E-state index contributed by atoms with van der Waals surface area (Å²) in [6.45, 7) is 3.21. The lowest BCUT2D eigenvalue weighted by atomic mass is 9.31. The number of carbonyl (C=O) groups is 1. The van der Waals surface area contributed by atoms with Crippen molar-refractivity contribution < 1.29 is 22.4 Å². The highest BCUT2D eigenvalue weighted by atomic mass is 19.4. The number of rotatable bonds is 5. The molecule has 202 valence electrons. The molecule has 0 aromatic carbocycles. The Morgan fingerprint density at radius 3 is 2.29 bits per heavy atom. The molecule has 2 aliphatic heterocycles. The van der Waals surface area contributed by atoms with Crippen LogP contribution in [-0.2, 0) is 10.8 Å². The number of likely N-dealkylation sites (tertiary alicyclic amines) is 2. The fourth-order valence-corrected chi connectivity index (χ4v) is 8.45. The van der Waals surface area contributed by atoms with Gasteiger partial charge in [0.15, 0.2) is 5.82 Å². The monoisotopic (exact) mass is 529 g/mol. The van der Waals surface area contributed by atoms with Gasteiger partial charge in [-0.05, 0) is 69.1 Å². The molecular weight excluding hydrogens is 499 g/mol. The smallest absolute Gasteiger partial charge is 0.403 e. The molecule has 1 N–H and O–H groups in total. The summed E-state index contributed by atoms with van der Waals surface area (Å²) in [6.07, 6.45) is 2.92. The number of hydrogen-bond acceptors (Lipinski definition) is 6. The minimum Gasteiger partial charge on any atom is -0.424 e. The molecule has 6 aliphatic carbocycles. The van der Waals surface area contributed by atoms with Crippen molar-refractivity contribution in [3.63, 3.8) is 0 Å². The third kappa shape index (κ3) is 2.76. The number of amides is 2. The van der Waals surface area contributed by atoms with Crippen LogP contribution in [0.3, 0.4) is 0 Å². The first-order chi connectivity index (χ1) is 18.1. The molecule has 12 heteroatoms. The van der Waals surface area contributed by atoms with E-state index in [-0.39, 0.29) is 41.0 Å². The summed E-state index contributed by atoms with van der Waals surface area (Å²) in [5.74, 6) is 3.58. The number of nitrogens with zero attached hydrogens (tertiary/aromatic N) is 6. The Morgan fingerprint density at radius 1 is 0.974 bits per heavy atom. The van der Waals surface area contributed by atoms with Gasteiger partial charge >= 0.3 is 12.2 Å². The van der Waals surface area contributed by atoms with Crippen LogP contribution in [0.2, 0.25) is 0 Å². The van der Waals surface area contributed by atoms with Gasteiger partial charge in [0.2, 0.25) is 11.8 Å². The maximum Gasteiger partial charge on any atom is 0.403 e. The number of alkyl halides is 3. The molecule has 0 unspecified atom stereocenters. The zero-order valence-electron chi connectivity index (χ0n) is 21.1. The molecule has 6 saturated carbocycles. The first-order valence-corrected chi connectivity index (χ1v) is 14.0. The summed E-state index contributed by atoms with van der Waals surface area (Å²) in [7, 11) is 0. The van der Waals surface area contributed by atoms with Gasteiger partial charge in [0.05, 0.1) is 5.41 Å². The summed E-state index contributed by atoms with van der Waals surface area (Å²) in [6, 6.07) is 0.149. The van der Waals surface area contributed by atoms with Crippen LogP contribution in [0.1, 0.15) is 93.1 Å². The maximum absolute atomic E-state index is 13.4. The van der Waals surface area contributed by atoms with Crippen molar-refractivity contribution in [3.8, 4) is 0 Å². The fourth-order valence-electron chi connectivity index (χ4n) is 8.45. The number of hydrogen-bond donors (Lipinski definition) is 1. The molecule has 2 aromatic rings. The first-order valence-electron chi connectivity index (χ1n) is 14.0. The summed E-state index contributed by atoms with van der Waals surface area (Å²) in [5.41, 5.74) is -1.73. The van der Waals surface area contributed by atoms with E-state index in [1.165, 1.54) is 12.8 Å². The largest absolute Gasteiger partial charge is 0.424 e. The summed E-state index contributed by atoms with van der Waals surface area (Å²) < 4.78 is 45.9. The SMILES string of the molecule is O=C(N1CC(C23CC(c4nnc(C5(C(F)(F)F)CC5)o4)(C2)C3)C1)N1CC2(CC(c3nc(C4CC4)n[nH]3)C2)C1. The Bertz CT molecular complexity index is 1320. The lowest BCUT2D eigenvalue weighted by molar-refractivity contribution is -0.217. The molecule has 38 heavy (non-hydrogen) atoms. The van der Waals surface area contributed by atoms with E-state index in [4.69, 9.17) is 9.40 Å². The number of carbonyl (C=O) groups excluding carboxylic acids is 1. The predicted octanol–water partition coefficient (Wildman–Crippen LogP) is 4.01. The highest BCUT2D eigenvalue weighted by molar-refractivity contribution is 5.76. The molecule has 4 heterocycles. The van der Waals surface area contributed by atoms with Crippen LogP contribution in [0, 0.1) is 16.7 Å². The van der Waals surface area contributed by atoms with Crippen molar-refractivity contribution in [2.24, 2.45) is 16.7 Å². The van der Waals surface area contributed by atoms with E-state index < -0.39 is 11.6 Å². The molecular formula is C26H30F3N7O2. The van der Waals surface area contributed by atoms with Crippen LogP contribution >= 0.6 is 0 Å². The molecule has 2 amide bonds. The Kier molecular flexibility index (Phi) is 3.82. The molecule has 2 aromatic heterocycles. The van der Waals surface area contributed by atoms with Crippen LogP contribution in [0.25, 0.3) is 0 Å². The second kappa shape index (κ2) is 6.55. The third-order valence-corrected chi connectivity index (χ3v) is 11.2. The second-order valence-corrected chi connectivity index (χ2v) is 13.9. The van der Waals surface area contributed by atoms with Crippen LogP contribution in [0.5, 0.6) is 0 Å². The van der Waals surface area contributed by atoms with E-state index >= 15 is 0 Å². The molecule has 9 nitrogen and oxygen atoms in total. The Labute approximate surface area is 216 Å². The molecule has 8 fully saturated rings. The lowest BCUT2D eigenvalue weighted by Crippen LogP contribution is -2.74. The minimum atomic E-state index is -4.34. The average molecular weight is 530 g/mol. The van der Waals surface area contributed by atoms with Crippen LogP contribution in [0.15, 0.2) is 4.42 Å². The van der Waals surface area contributed by atoms with Crippen molar-refractivity contribution >= 4 is 6.03 Å². The number of aromatic amines is 1. The van der Waals surface area contributed by atoms with Gasteiger partial charge in [-0.3, -0.25) is 5.10 Å². The van der Waals surface area contributed by atoms with Gasteiger partial charge < -0.3 is 14.2 Å². The van der Waals surface area contributed by atoms with Crippen molar-refractivity contribution in [2.75, 3.05) is 26.2 Å². The standard InChI is InChI=1S/C26H30F3N7O2/c27-26(28,29)25(3-4-25)20-34-33-19(38-20)24-9-23(10-24,11-24)16-7-35(8-16)21(37)36-12-22(13-36)5-15(6-22)18-30-17(31-32-18)14-1-2-14/h14-16H,1-13H2,(H,30,31,32). The number of halogens is 3. The fraction of sp³-hybridized carbons (Fsp3) is 0.808. The van der Waals surface area contributed by atoms with Crippen molar-refractivity contribution in [2.45, 2.75) is 86.6 Å². The van der Waals surface area contributed by atoms with Crippen molar-refractivity contribution in [1.82, 2.24) is 35.2 Å². The normalized spacial score (nSPS) is 34.7. The molecule has 2 saturated heterocycles. The minimum absolute atomic E-state index is 0.0302. The van der Waals surface area contributed by atoms with Crippen LogP contribution in [-0.4, -0.2) is 73.6 Å². The molecule has 10 rings (SSSR count). The highest BCUT2D eigenvalue weighted by Crippen LogP contribution is 2.77. The van der Waals surface area contributed by atoms with Crippen LogP contribution < -0.4 is 0 Å². The van der Waals surface area contributed by atoms with E-state index in [1.54, 1.807) is 0 Å². The van der Waals surface area contributed by atoms with E-state index in [1.807, 2.05) is 9.80 Å². The van der Waals surface area contributed by atoms with Crippen LogP contribution in [0.4, 0.5) is 18.0 Å². The zero-order valence-corrected chi connectivity index (χ0v) is 21.1. The van der Waals surface area contributed by atoms with E-state index in [0.29, 0.717) is 23.6 Å². The first kappa shape index (κ1) is 22.2. The summed E-state index contributed by atoms with van der Waals surface area (Å²) in [4.78, 5) is 21.7.